The molecule has 32 heavy (non-hydrogen) atoms. The molecule has 166 valence electrons. The highest BCUT2D eigenvalue weighted by Gasteiger charge is 2.28. The molecule has 1 fully saturated rings. The highest BCUT2D eigenvalue weighted by atomic mass is 32.1. The van der Waals surface area contributed by atoms with E-state index in [-0.39, 0.29) is 5.91 Å². The summed E-state index contributed by atoms with van der Waals surface area (Å²) in [6, 6.07) is 16.4. The van der Waals surface area contributed by atoms with Gasteiger partial charge in [-0.15, -0.1) is 11.3 Å². The van der Waals surface area contributed by atoms with Gasteiger partial charge in [-0.05, 0) is 49.2 Å². The van der Waals surface area contributed by atoms with E-state index >= 15 is 0 Å². The van der Waals surface area contributed by atoms with Crippen molar-refractivity contribution in [2.75, 3.05) is 24.7 Å². The molecule has 0 radical (unpaired) electrons. The minimum absolute atomic E-state index is 0.0386. The number of amides is 1. The van der Waals surface area contributed by atoms with Crippen LogP contribution in [0.2, 0.25) is 0 Å². The minimum Gasteiger partial charge on any atom is -0.490 e. The summed E-state index contributed by atoms with van der Waals surface area (Å²) in [6.07, 6.45) is 3.17. The number of thiazole rings is 1. The Balaban J connectivity index is 1.34. The summed E-state index contributed by atoms with van der Waals surface area (Å²) in [5.74, 6) is 1.65. The molecule has 7 heteroatoms. The van der Waals surface area contributed by atoms with Crippen molar-refractivity contribution in [1.82, 2.24) is 9.88 Å². The Morgan fingerprint density at radius 3 is 2.75 bits per heavy atom. The first-order chi connectivity index (χ1) is 15.7. The highest BCUT2D eigenvalue weighted by Crippen LogP contribution is 2.39. The average molecular weight is 450 g/mol. The topological polar surface area (TPSA) is 54.9 Å². The number of carbonyl (C=O) groups is 1. The average Bonchev–Trinajstić information content (AvgIpc) is 3.38. The molecule has 2 aliphatic heterocycles. The number of nitrogens with zero attached hydrogens (tertiary/aromatic N) is 3. The Hall–Kier alpha value is -2.90. The smallest absolute Gasteiger partial charge is 0.230 e. The van der Waals surface area contributed by atoms with Crippen molar-refractivity contribution in [3.63, 3.8) is 0 Å². The molecular formula is C25H27N3O3S. The van der Waals surface area contributed by atoms with Crippen LogP contribution in [0.4, 0.5) is 10.8 Å². The second-order valence-electron chi connectivity index (χ2n) is 8.20. The van der Waals surface area contributed by atoms with Crippen LogP contribution in [0, 0.1) is 0 Å². The second-order valence-corrected chi connectivity index (χ2v) is 9.03. The monoisotopic (exact) mass is 449 g/mol. The van der Waals surface area contributed by atoms with E-state index in [1.807, 2.05) is 36.4 Å². The Bertz CT molecular complexity index is 1090. The van der Waals surface area contributed by atoms with Crippen molar-refractivity contribution in [3.05, 3.63) is 65.2 Å². The number of anilines is 2. The van der Waals surface area contributed by atoms with Gasteiger partial charge in [-0.25, -0.2) is 4.98 Å². The van der Waals surface area contributed by atoms with Crippen LogP contribution in [-0.2, 0) is 11.3 Å². The molecule has 3 aromatic rings. The number of para-hydroxylation sites is 1. The number of likely N-dealkylation sites (tertiary alicyclic amines) is 1. The van der Waals surface area contributed by atoms with Gasteiger partial charge >= 0.3 is 0 Å². The Labute approximate surface area is 192 Å². The zero-order valence-corrected chi connectivity index (χ0v) is 19.0. The maximum atomic E-state index is 12.3. The maximum absolute atomic E-state index is 12.3. The molecule has 3 heterocycles. The van der Waals surface area contributed by atoms with E-state index in [9.17, 15) is 4.79 Å². The van der Waals surface area contributed by atoms with Crippen molar-refractivity contribution in [2.45, 2.75) is 38.8 Å². The number of carbonyl (C=O) groups excluding carboxylic acids is 1. The van der Waals surface area contributed by atoms with Gasteiger partial charge in [-0.2, -0.15) is 0 Å². The third-order valence-corrected chi connectivity index (χ3v) is 6.82. The lowest BCUT2D eigenvalue weighted by Gasteiger charge is -2.24. The fraction of sp³-hybridized carbons (Fsp3) is 0.360. The van der Waals surface area contributed by atoms with Gasteiger partial charge in [0.1, 0.15) is 0 Å². The molecule has 0 bridgehead atoms. The highest BCUT2D eigenvalue weighted by molar-refractivity contribution is 7.14. The number of ether oxygens (including phenoxy) is 2. The molecule has 1 saturated heterocycles. The molecule has 2 aromatic carbocycles. The number of benzene rings is 2. The Morgan fingerprint density at radius 2 is 1.94 bits per heavy atom. The first-order valence-electron chi connectivity index (χ1n) is 11.1. The van der Waals surface area contributed by atoms with Gasteiger partial charge in [0.15, 0.2) is 16.6 Å². The molecule has 2 aliphatic rings. The predicted molar refractivity (Wildman–Crippen MR) is 126 cm³/mol. The number of hydrogen-bond donors (Lipinski definition) is 0. The number of aromatic nitrogens is 1. The van der Waals surface area contributed by atoms with E-state index in [0.29, 0.717) is 24.4 Å². The summed E-state index contributed by atoms with van der Waals surface area (Å²) in [4.78, 5) is 21.3. The molecule has 0 spiro atoms. The number of hydrogen-bond acceptors (Lipinski definition) is 6. The number of rotatable bonds is 5. The summed E-state index contributed by atoms with van der Waals surface area (Å²) >= 11 is 1.51. The molecule has 0 saturated carbocycles. The first-order valence-corrected chi connectivity index (χ1v) is 12.0. The quantitative estimate of drug-likeness (QED) is 0.527. The van der Waals surface area contributed by atoms with E-state index in [1.54, 1.807) is 11.8 Å². The van der Waals surface area contributed by atoms with E-state index < -0.39 is 0 Å². The maximum Gasteiger partial charge on any atom is 0.230 e. The van der Waals surface area contributed by atoms with Crippen LogP contribution in [0.1, 0.15) is 43.5 Å². The van der Waals surface area contributed by atoms with Gasteiger partial charge in [0.05, 0.1) is 24.6 Å². The third kappa shape index (κ3) is 4.36. The van der Waals surface area contributed by atoms with Crippen molar-refractivity contribution in [3.8, 4) is 11.5 Å². The predicted octanol–water partition coefficient (Wildman–Crippen LogP) is 5.33. The molecule has 6 nitrogen and oxygen atoms in total. The second kappa shape index (κ2) is 9.30. The van der Waals surface area contributed by atoms with Gasteiger partial charge in [0.2, 0.25) is 5.91 Å². The normalized spacial score (nSPS) is 18.3. The summed E-state index contributed by atoms with van der Waals surface area (Å²) in [5, 5.41) is 2.78. The molecule has 1 aromatic heterocycles. The van der Waals surface area contributed by atoms with E-state index in [0.717, 1.165) is 55.2 Å². The standard InChI is InChI=1S/C25H27N3O3S/c1-18(29)28(21-7-3-2-4-8-21)25-26-20(17-32-25)16-27-12-5-9-22(27)19-10-11-23-24(15-19)31-14-6-13-30-23/h2-4,7-8,10-11,15,17,22H,5-6,9,12-14,16H2,1H3/t22-/m0/s1. The van der Waals surface area contributed by atoms with Crippen molar-refractivity contribution in [2.24, 2.45) is 0 Å². The molecule has 1 atom stereocenters. The van der Waals surface area contributed by atoms with Crippen LogP contribution in [0.15, 0.2) is 53.9 Å². The fourth-order valence-corrected chi connectivity index (χ4v) is 5.34. The largest absolute Gasteiger partial charge is 0.490 e. The molecular weight excluding hydrogens is 422 g/mol. The zero-order valence-electron chi connectivity index (χ0n) is 18.2. The van der Waals surface area contributed by atoms with Crippen molar-refractivity contribution in [1.29, 1.82) is 0 Å². The van der Waals surface area contributed by atoms with Crippen LogP contribution in [0.5, 0.6) is 11.5 Å². The fourth-order valence-electron chi connectivity index (χ4n) is 4.46. The van der Waals surface area contributed by atoms with Crippen LogP contribution in [0.25, 0.3) is 0 Å². The van der Waals surface area contributed by atoms with E-state index in [2.05, 4.69) is 22.4 Å². The third-order valence-electron chi connectivity index (χ3n) is 5.95. The minimum atomic E-state index is -0.0386. The SMILES string of the molecule is CC(=O)N(c1ccccc1)c1nc(CN2CCC[C@H]2c2ccc3c(c2)OCCCO3)cs1. The molecule has 5 rings (SSSR count). The summed E-state index contributed by atoms with van der Waals surface area (Å²) in [6.45, 7) is 4.76. The van der Waals surface area contributed by atoms with E-state index in [1.165, 1.54) is 16.9 Å². The van der Waals surface area contributed by atoms with Crippen LogP contribution < -0.4 is 14.4 Å². The van der Waals surface area contributed by atoms with Gasteiger partial charge in [0.25, 0.3) is 0 Å². The van der Waals surface area contributed by atoms with Gasteiger partial charge < -0.3 is 9.47 Å². The summed E-state index contributed by atoms with van der Waals surface area (Å²) < 4.78 is 11.7. The summed E-state index contributed by atoms with van der Waals surface area (Å²) in [7, 11) is 0. The molecule has 0 unspecified atom stereocenters. The molecule has 1 amide bonds. The van der Waals surface area contributed by atoms with Crippen LogP contribution >= 0.6 is 11.3 Å². The molecule has 0 N–H and O–H groups in total. The lowest BCUT2D eigenvalue weighted by Crippen LogP contribution is -2.24. The van der Waals surface area contributed by atoms with Gasteiger partial charge in [-0.3, -0.25) is 14.6 Å². The number of fused-ring (bicyclic) bond motifs is 1. The van der Waals surface area contributed by atoms with Crippen LogP contribution in [0.3, 0.4) is 0 Å². The molecule has 0 aliphatic carbocycles. The zero-order chi connectivity index (χ0) is 21.9. The Kier molecular flexibility index (Phi) is 6.10. The van der Waals surface area contributed by atoms with Crippen molar-refractivity contribution < 1.29 is 14.3 Å². The van der Waals surface area contributed by atoms with E-state index in [4.69, 9.17) is 14.5 Å². The van der Waals surface area contributed by atoms with Gasteiger partial charge in [-0.1, -0.05) is 24.3 Å². The van der Waals surface area contributed by atoms with Crippen molar-refractivity contribution >= 4 is 28.1 Å². The summed E-state index contributed by atoms with van der Waals surface area (Å²) in [5.41, 5.74) is 3.09. The first kappa shape index (κ1) is 21.0. The Morgan fingerprint density at radius 1 is 1.12 bits per heavy atom. The lowest BCUT2D eigenvalue weighted by molar-refractivity contribution is -0.115. The van der Waals surface area contributed by atoms with Gasteiger partial charge in [0, 0.05) is 31.3 Å². The lowest BCUT2D eigenvalue weighted by atomic mass is 10.0. The van der Waals surface area contributed by atoms with Crippen LogP contribution in [-0.4, -0.2) is 35.5 Å².